The van der Waals surface area contributed by atoms with Crippen molar-refractivity contribution in [1.82, 2.24) is 0 Å². The summed E-state index contributed by atoms with van der Waals surface area (Å²) in [5.74, 6) is 5.86. The van der Waals surface area contributed by atoms with E-state index in [2.05, 4.69) is 16.8 Å². The second-order valence-electron chi connectivity index (χ2n) is 2.84. The Morgan fingerprint density at radius 1 is 1.33 bits per heavy atom. The Balaban J connectivity index is 2.64. The van der Waals surface area contributed by atoms with Crippen molar-refractivity contribution in [2.24, 2.45) is 4.99 Å². The van der Waals surface area contributed by atoms with Gasteiger partial charge in [0.15, 0.2) is 0 Å². The number of benzene rings is 1. The maximum atomic E-state index is 5.96. The minimum atomic E-state index is 0.507. The topological polar surface area (TPSA) is 12.4 Å². The van der Waals surface area contributed by atoms with Crippen LogP contribution in [0.3, 0.4) is 0 Å². The maximum absolute atomic E-state index is 5.96. The van der Waals surface area contributed by atoms with Crippen LogP contribution < -0.4 is 0 Å². The molecular weight excluding hydrogens is 229 g/mol. The van der Waals surface area contributed by atoms with Gasteiger partial charge < -0.3 is 0 Å². The van der Waals surface area contributed by atoms with Gasteiger partial charge in [-0.1, -0.05) is 42.1 Å². The molecule has 0 radical (unpaired) electrons. The zero-order valence-electron chi connectivity index (χ0n) is 8.43. The summed E-state index contributed by atoms with van der Waals surface area (Å²) in [7, 11) is 0. The smallest absolute Gasteiger partial charge is 0.0997 e. The van der Waals surface area contributed by atoms with Crippen LogP contribution in [0.5, 0.6) is 0 Å². The van der Waals surface area contributed by atoms with Crippen molar-refractivity contribution in [2.75, 3.05) is 6.54 Å². The minimum Gasteiger partial charge on any atom is -0.280 e. The second kappa shape index (κ2) is 6.50. The van der Waals surface area contributed by atoms with Crippen LogP contribution in [0.15, 0.2) is 23.2 Å². The maximum Gasteiger partial charge on any atom is 0.0997 e. The number of rotatable bonds is 2. The number of hydrogen-bond donors (Lipinski definition) is 0. The van der Waals surface area contributed by atoms with Crippen molar-refractivity contribution in [3.63, 3.8) is 0 Å². The van der Waals surface area contributed by atoms with Crippen LogP contribution in [0.1, 0.15) is 18.9 Å². The molecule has 0 amide bonds. The second-order valence-corrected chi connectivity index (χ2v) is 3.69. The van der Waals surface area contributed by atoms with Gasteiger partial charge in [-0.3, -0.25) is 4.99 Å². The van der Waals surface area contributed by atoms with Gasteiger partial charge in [-0.15, -0.1) is 5.92 Å². The summed E-state index contributed by atoms with van der Waals surface area (Å²) < 4.78 is 0. The summed E-state index contributed by atoms with van der Waals surface area (Å²) in [5.41, 5.74) is 0.861. The molecule has 3 heteroatoms. The molecular formula is C12H11Cl2N. The van der Waals surface area contributed by atoms with Gasteiger partial charge in [0, 0.05) is 23.2 Å². The highest BCUT2D eigenvalue weighted by Crippen LogP contribution is 2.19. The first-order valence-corrected chi connectivity index (χ1v) is 5.40. The predicted molar refractivity (Wildman–Crippen MR) is 67.0 cm³/mol. The predicted octanol–water partition coefficient (Wildman–Crippen LogP) is 3.83. The van der Waals surface area contributed by atoms with E-state index in [0.29, 0.717) is 16.6 Å². The normalized spacial score (nSPS) is 10.1. The molecule has 0 aliphatic carbocycles. The van der Waals surface area contributed by atoms with E-state index >= 15 is 0 Å². The van der Waals surface area contributed by atoms with Gasteiger partial charge in [0.2, 0.25) is 0 Å². The highest BCUT2D eigenvalue weighted by atomic mass is 35.5. The lowest BCUT2D eigenvalue weighted by Crippen LogP contribution is -1.84. The van der Waals surface area contributed by atoms with Gasteiger partial charge in [-0.05, 0) is 12.1 Å². The van der Waals surface area contributed by atoms with Crippen LogP contribution in [0.4, 0.5) is 0 Å². The van der Waals surface area contributed by atoms with Crippen molar-refractivity contribution in [1.29, 1.82) is 0 Å². The Bertz CT molecular complexity index is 413. The highest BCUT2D eigenvalue weighted by Gasteiger charge is 1.96. The number of nitrogens with zero attached hydrogens (tertiary/aromatic N) is 1. The van der Waals surface area contributed by atoms with E-state index in [1.165, 1.54) is 0 Å². The van der Waals surface area contributed by atoms with Crippen molar-refractivity contribution in [2.45, 2.75) is 13.3 Å². The number of aliphatic imine (C=N–C) groups is 1. The summed E-state index contributed by atoms with van der Waals surface area (Å²) in [6, 6.07) is 5.32. The summed E-state index contributed by atoms with van der Waals surface area (Å²) in [5, 5.41) is 1.23. The van der Waals surface area contributed by atoms with Crippen LogP contribution in [-0.2, 0) is 0 Å². The SMILES string of the molecule is CCC#CCN=Cc1ccc(Cl)cc1Cl. The molecule has 0 aliphatic rings. The molecule has 1 aromatic rings. The molecule has 0 aromatic heterocycles. The Hall–Kier alpha value is -0.970. The van der Waals surface area contributed by atoms with Gasteiger partial charge in [0.25, 0.3) is 0 Å². The molecule has 0 N–H and O–H groups in total. The van der Waals surface area contributed by atoms with E-state index in [0.717, 1.165) is 12.0 Å². The first-order chi connectivity index (χ1) is 7.24. The average Bonchev–Trinajstić information content (AvgIpc) is 2.20. The molecule has 0 atom stereocenters. The third kappa shape index (κ3) is 4.38. The highest BCUT2D eigenvalue weighted by molar-refractivity contribution is 6.36. The van der Waals surface area contributed by atoms with E-state index < -0.39 is 0 Å². The lowest BCUT2D eigenvalue weighted by Gasteiger charge is -1.96. The zero-order chi connectivity index (χ0) is 11.1. The van der Waals surface area contributed by atoms with Gasteiger partial charge >= 0.3 is 0 Å². The fraction of sp³-hybridized carbons (Fsp3) is 0.250. The summed E-state index contributed by atoms with van der Waals surface area (Å²) in [4.78, 5) is 4.14. The fourth-order valence-electron chi connectivity index (χ4n) is 0.977. The van der Waals surface area contributed by atoms with Gasteiger partial charge in [0.1, 0.15) is 0 Å². The summed E-state index contributed by atoms with van der Waals surface area (Å²) >= 11 is 11.7. The minimum absolute atomic E-state index is 0.507. The Morgan fingerprint density at radius 2 is 2.13 bits per heavy atom. The quantitative estimate of drug-likeness (QED) is 0.550. The molecule has 78 valence electrons. The van der Waals surface area contributed by atoms with Gasteiger partial charge in [-0.25, -0.2) is 0 Å². The standard InChI is InChI=1S/C12H11Cl2N/c1-2-3-4-7-15-9-10-5-6-11(13)8-12(10)14/h5-6,8-9H,2,7H2,1H3. The lowest BCUT2D eigenvalue weighted by atomic mass is 10.2. The Kier molecular flexibility index (Phi) is 5.25. The van der Waals surface area contributed by atoms with E-state index in [-0.39, 0.29) is 0 Å². The van der Waals surface area contributed by atoms with Crippen LogP contribution in [0.25, 0.3) is 0 Å². The molecule has 0 saturated heterocycles. The molecule has 0 aliphatic heterocycles. The zero-order valence-corrected chi connectivity index (χ0v) is 9.94. The van der Waals surface area contributed by atoms with Crippen LogP contribution in [0.2, 0.25) is 10.0 Å². The number of halogens is 2. The van der Waals surface area contributed by atoms with Crippen LogP contribution >= 0.6 is 23.2 Å². The van der Waals surface area contributed by atoms with E-state index in [1.807, 2.05) is 13.0 Å². The molecule has 1 nitrogen and oxygen atoms in total. The van der Waals surface area contributed by atoms with Crippen molar-refractivity contribution < 1.29 is 0 Å². The first kappa shape index (κ1) is 12.1. The molecule has 15 heavy (non-hydrogen) atoms. The molecule has 0 unspecified atom stereocenters. The van der Waals surface area contributed by atoms with Gasteiger partial charge in [-0.2, -0.15) is 0 Å². The molecule has 0 saturated carbocycles. The Labute approximate surface area is 100 Å². The van der Waals surface area contributed by atoms with Crippen LogP contribution in [-0.4, -0.2) is 12.8 Å². The third-order valence-corrected chi connectivity index (χ3v) is 2.23. The van der Waals surface area contributed by atoms with Crippen LogP contribution in [0, 0.1) is 11.8 Å². The third-order valence-electron chi connectivity index (χ3n) is 1.66. The average molecular weight is 240 g/mol. The molecule has 1 aromatic carbocycles. The van der Waals surface area contributed by atoms with E-state index in [4.69, 9.17) is 23.2 Å². The Morgan fingerprint density at radius 3 is 2.80 bits per heavy atom. The van der Waals surface area contributed by atoms with E-state index in [9.17, 15) is 0 Å². The largest absolute Gasteiger partial charge is 0.280 e. The molecule has 0 spiro atoms. The van der Waals surface area contributed by atoms with Crippen molar-refractivity contribution in [3.05, 3.63) is 33.8 Å². The van der Waals surface area contributed by atoms with E-state index in [1.54, 1.807) is 18.3 Å². The number of hydrogen-bond acceptors (Lipinski definition) is 1. The van der Waals surface area contributed by atoms with Crippen molar-refractivity contribution >= 4 is 29.4 Å². The first-order valence-electron chi connectivity index (χ1n) is 4.64. The summed E-state index contributed by atoms with van der Waals surface area (Å²) in [6.45, 7) is 2.51. The molecule has 0 fully saturated rings. The molecule has 0 bridgehead atoms. The van der Waals surface area contributed by atoms with Crippen molar-refractivity contribution in [3.8, 4) is 11.8 Å². The van der Waals surface area contributed by atoms with Gasteiger partial charge in [0.05, 0.1) is 11.6 Å². The molecule has 0 heterocycles. The summed E-state index contributed by atoms with van der Waals surface area (Å²) in [6.07, 6.45) is 2.57. The fourth-order valence-corrected chi connectivity index (χ4v) is 1.43. The lowest BCUT2D eigenvalue weighted by molar-refractivity contribution is 1.25. The molecule has 1 rings (SSSR count). The monoisotopic (exact) mass is 239 g/mol.